The fourth-order valence-corrected chi connectivity index (χ4v) is 5.61. The fourth-order valence-electron chi connectivity index (χ4n) is 5.61. The largest absolute Gasteiger partial charge is 0.497 e. The van der Waals surface area contributed by atoms with Gasteiger partial charge in [0.2, 0.25) is 0 Å². The number of carboxylic acid groups (broad SMARTS) is 1. The minimum atomic E-state index is -1.50. The molecule has 0 unspecified atom stereocenters. The molecule has 0 radical (unpaired) electrons. The third-order valence-corrected chi connectivity index (χ3v) is 7.88. The lowest BCUT2D eigenvalue weighted by Gasteiger charge is -2.41. The number of aliphatic carboxylic acids is 1. The van der Waals surface area contributed by atoms with Gasteiger partial charge in [-0.1, -0.05) is 0 Å². The van der Waals surface area contributed by atoms with Gasteiger partial charge in [0.15, 0.2) is 17.5 Å². The zero-order valence-electron chi connectivity index (χ0n) is 22.4. The van der Waals surface area contributed by atoms with Crippen LogP contribution < -0.4 is 15.8 Å². The Bertz CT molecular complexity index is 1320. The average molecular weight is 561 g/mol. The number of benzene rings is 2. The molecule has 3 aromatic rings. The van der Waals surface area contributed by atoms with Gasteiger partial charge in [-0.3, -0.25) is 9.78 Å². The number of ether oxygens (including phenoxy) is 1. The molecule has 0 saturated carbocycles. The first-order valence-corrected chi connectivity index (χ1v) is 13.3. The van der Waals surface area contributed by atoms with Gasteiger partial charge >= 0.3 is 5.97 Å². The van der Waals surface area contributed by atoms with Crippen LogP contribution in [0.25, 0.3) is 10.9 Å². The van der Waals surface area contributed by atoms with Crippen molar-refractivity contribution in [3.05, 3.63) is 65.1 Å². The molecule has 11 heteroatoms. The van der Waals surface area contributed by atoms with Crippen molar-refractivity contribution >= 4 is 22.6 Å². The Balaban J connectivity index is 1.40. The molecule has 8 nitrogen and oxygen atoms in total. The lowest BCUT2D eigenvalue weighted by Crippen LogP contribution is -2.43. The number of nitrogens with one attached hydrogen (secondary N) is 1. The molecule has 40 heavy (non-hydrogen) atoms. The van der Waals surface area contributed by atoms with Gasteiger partial charge in [-0.05, 0) is 73.5 Å². The first-order valence-electron chi connectivity index (χ1n) is 13.3. The lowest BCUT2D eigenvalue weighted by molar-refractivity contribution is -0.141. The maximum atomic E-state index is 13.5. The van der Waals surface area contributed by atoms with Gasteiger partial charge in [0.25, 0.3) is 0 Å². The van der Waals surface area contributed by atoms with Gasteiger partial charge in [-0.15, -0.1) is 0 Å². The normalized spacial score (nSPS) is 16.1. The van der Waals surface area contributed by atoms with Crippen molar-refractivity contribution in [3.63, 3.8) is 0 Å². The van der Waals surface area contributed by atoms with E-state index >= 15 is 0 Å². The summed E-state index contributed by atoms with van der Waals surface area (Å²) in [7, 11) is 1.57. The van der Waals surface area contributed by atoms with Crippen molar-refractivity contribution in [1.29, 1.82) is 0 Å². The Morgan fingerprint density at radius 3 is 2.52 bits per heavy atom. The number of carbonyl (C=O) groups is 1. The van der Waals surface area contributed by atoms with Gasteiger partial charge in [0, 0.05) is 49.0 Å². The van der Waals surface area contributed by atoms with Crippen LogP contribution >= 0.6 is 0 Å². The number of nitrogens with two attached hydrogens (primary N) is 1. The molecule has 1 aliphatic rings. The summed E-state index contributed by atoms with van der Waals surface area (Å²) in [6.07, 6.45) is 2.93. The second-order valence-corrected chi connectivity index (χ2v) is 10.4. The summed E-state index contributed by atoms with van der Waals surface area (Å²) < 4.78 is 45.5. The molecule has 2 aromatic carbocycles. The molecule has 2 heterocycles. The summed E-state index contributed by atoms with van der Waals surface area (Å²) in [4.78, 5) is 18.4. The molecule has 1 atom stereocenters. The zero-order valence-corrected chi connectivity index (χ0v) is 22.4. The number of carboxylic acids is 1. The summed E-state index contributed by atoms with van der Waals surface area (Å²) in [6.45, 7) is 2.43. The smallest absolute Gasteiger partial charge is 0.303 e. The molecule has 5 N–H and O–H groups in total. The Kier molecular flexibility index (Phi) is 9.49. The van der Waals surface area contributed by atoms with E-state index in [2.05, 4.69) is 15.2 Å². The average Bonchev–Trinajstić information content (AvgIpc) is 2.94. The van der Waals surface area contributed by atoms with Crippen molar-refractivity contribution in [2.45, 2.75) is 44.8 Å². The second-order valence-electron chi connectivity index (χ2n) is 10.4. The van der Waals surface area contributed by atoms with E-state index in [-0.39, 0.29) is 18.7 Å². The second kappa shape index (κ2) is 12.8. The summed E-state index contributed by atoms with van der Waals surface area (Å²) in [6, 6.07) is 7.28. The highest BCUT2D eigenvalue weighted by atomic mass is 19.2. The Hall–Kier alpha value is -3.41. The van der Waals surface area contributed by atoms with E-state index in [1.54, 1.807) is 19.4 Å². The molecule has 1 saturated heterocycles. The maximum Gasteiger partial charge on any atom is 0.303 e. The number of methoxy groups -OCH3 is 1. The zero-order chi connectivity index (χ0) is 28.9. The molecule has 1 aliphatic heterocycles. The number of pyridine rings is 1. The molecule has 0 spiro atoms. The molecule has 1 fully saturated rings. The first-order chi connectivity index (χ1) is 19.1. The van der Waals surface area contributed by atoms with Gasteiger partial charge < -0.3 is 30.9 Å². The van der Waals surface area contributed by atoms with Gasteiger partial charge in [0.1, 0.15) is 5.75 Å². The van der Waals surface area contributed by atoms with Gasteiger partial charge in [-0.2, -0.15) is 0 Å². The van der Waals surface area contributed by atoms with Gasteiger partial charge in [0.05, 0.1) is 25.2 Å². The van der Waals surface area contributed by atoms with E-state index in [0.29, 0.717) is 68.7 Å². The Morgan fingerprint density at radius 1 is 1.20 bits per heavy atom. The Morgan fingerprint density at radius 2 is 1.90 bits per heavy atom. The molecule has 4 rings (SSSR count). The molecule has 0 amide bonds. The van der Waals surface area contributed by atoms with Crippen LogP contribution in [0.4, 0.5) is 18.9 Å². The number of aliphatic hydroxyl groups is 1. The number of hydrogen-bond donors (Lipinski definition) is 4. The van der Waals surface area contributed by atoms with Crippen LogP contribution in [0.3, 0.4) is 0 Å². The van der Waals surface area contributed by atoms with Crippen LogP contribution in [0, 0.1) is 22.9 Å². The minimum Gasteiger partial charge on any atom is -0.497 e. The maximum absolute atomic E-state index is 13.5. The van der Waals surface area contributed by atoms with Crippen LogP contribution in [0.15, 0.2) is 36.5 Å². The van der Waals surface area contributed by atoms with Crippen LogP contribution in [-0.2, 0) is 11.3 Å². The van der Waals surface area contributed by atoms with Crippen LogP contribution in [-0.4, -0.2) is 59.4 Å². The molecule has 0 aliphatic carbocycles. The van der Waals surface area contributed by atoms with Crippen molar-refractivity contribution in [2.24, 2.45) is 11.1 Å². The topological polar surface area (TPSA) is 121 Å². The van der Waals surface area contributed by atoms with Gasteiger partial charge in [-0.25, -0.2) is 13.2 Å². The molecular formula is C29H35F3N4O4. The monoisotopic (exact) mass is 560 g/mol. The third kappa shape index (κ3) is 6.83. The standard InChI is InChI=1S/C29H35F3N4O4/c1-40-20-2-3-24-21(14-20)27(18(16-33)17-35-24)25(37)4-5-29(15-26(38)39)6-9-36(10-7-29)11-8-34-19-12-22(30)28(32)23(31)13-19/h2-3,12-14,17,25,34,37H,4-11,15-16,33H2,1H3,(H,38,39)/t25-/m1/s1. The highest BCUT2D eigenvalue weighted by Gasteiger charge is 2.37. The van der Waals surface area contributed by atoms with Crippen molar-refractivity contribution < 1.29 is 32.9 Å². The van der Waals surface area contributed by atoms with E-state index in [0.717, 1.165) is 23.1 Å². The Labute approximate surface area is 231 Å². The molecule has 1 aromatic heterocycles. The summed E-state index contributed by atoms with van der Waals surface area (Å²) in [5, 5.41) is 24.7. The number of hydrogen-bond acceptors (Lipinski definition) is 7. The predicted octanol–water partition coefficient (Wildman–Crippen LogP) is 4.60. The summed E-state index contributed by atoms with van der Waals surface area (Å²) in [5.41, 5.74) is 7.76. The van der Waals surface area contributed by atoms with E-state index in [1.807, 2.05) is 12.1 Å². The molecule has 216 valence electrons. The number of nitrogens with zero attached hydrogens (tertiary/aromatic N) is 2. The van der Waals surface area contributed by atoms with E-state index in [4.69, 9.17) is 10.5 Å². The van der Waals surface area contributed by atoms with E-state index in [1.165, 1.54) is 0 Å². The number of rotatable bonds is 12. The predicted molar refractivity (Wildman–Crippen MR) is 146 cm³/mol. The van der Waals surface area contributed by atoms with E-state index in [9.17, 15) is 28.2 Å². The van der Waals surface area contributed by atoms with Crippen molar-refractivity contribution in [1.82, 2.24) is 9.88 Å². The summed E-state index contributed by atoms with van der Waals surface area (Å²) in [5.74, 6) is -4.25. The number of piperidine rings is 1. The van der Waals surface area contributed by atoms with Crippen LogP contribution in [0.5, 0.6) is 5.75 Å². The number of anilines is 1. The number of halogens is 3. The fraction of sp³-hybridized carbons (Fsp3) is 0.448. The van der Waals surface area contributed by atoms with E-state index < -0.39 is 34.9 Å². The molecule has 0 bridgehead atoms. The lowest BCUT2D eigenvalue weighted by atomic mass is 9.71. The first kappa shape index (κ1) is 29.6. The number of fused-ring (bicyclic) bond motifs is 1. The van der Waals surface area contributed by atoms with Crippen molar-refractivity contribution in [2.75, 3.05) is 38.6 Å². The van der Waals surface area contributed by atoms with Crippen LogP contribution in [0.2, 0.25) is 0 Å². The molecular weight excluding hydrogens is 525 g/mol. The van der Waals surface area contributed by atoms with Crippen LogP contribution in [0.1, 0.15) is 49.3 Å². The highest BCUT2D eigenvalue weighted by Crippen LogP contribution is 2.42. The SMILES string of the molecule is COc1ccc2ncc(CN)c([C@H](O)CCC3(CC(=O)O)CCN(CCNc4cc(F)c(F)c(F)c4)CC3)c2c1. The number of aliphatic hydroxyl groups excluding tert-OH is 1. The third-order valence-electron chi connectivity index (χ3n) is 7.88. The number of aromatic nitrogens is 1. The minimum absolute atomic E-state index is 0.00535. The van der Waals surface area contributed by atoms with Crippen molar-refractivity contribution in [3.8, 4) is 5.75 Å². The summed E-state index contributed by atoms with van der Waals surface area (Å²) >= 11 is 0. The highest BCUT2D eigenvalue weighted by molar-refractivity contribution is 5.85. The quantitative estimate of drug-likeness (QED) is 0.237. The number of likely N-dealkylation sites (tertiary alicyclic amines) is 1.